The first-order valence-corrected chi connectivity index (χ1v) is 10.3. The van der Waals surface area contributed by atoms with Gasteiger partial charge in [-0.15, -0.1) is 0 Å². The summed E-state index contributed by atoms with van der Waals surface area (Å²) in [6, 6.07) is 8.24. The monoisotopic (exact) mass is 441 g/mol. The Morgan fingerprint density at radius 3 is 2.97 bits per heavy atom. The molecular weight excluding hydrogens is 420 g/mol. The van der Waals surface area contributed by atoms with E-state index in [2.05, 4.69) is 38.9 Å². The molecule has 160 valence electrons. The number of aromatic nitrogens is 2. The quantitative estimate of drug-likeness (QED) is 0.450. The second-order valence-corrected chi connectivity index (χ2v) is 8.34. The predicted molar refractivity (Wildman–Crippen MR) is 121 cm³/mol. The second kappa shape index (κ2) is 8.66. The van der Waals surface area contributed by atoms with Gasteiger partial charge in [-0.2, -0.15) is 0 Å². The van der Waals surface area contributed by atoms with Crippen molar-refractivity contribution in [1.82, 2.24) is 14.9 Å². The molecule has 2 aromatic carbocycles. The van der Waals surface area contributed by atoms with Gasteiger partial charge in [-0.3, -0.25) is 4.90 Å². The zero-order valence-electron chi connectivity index (χ0n) is 17.1. The average Bonchev–Trinajstić information content (AvgIpc) is 3.11. The van der Waals surface area contributed by atoms with E-state index in [9.17, 15) is 8.78 Å². The fraction of sp³-hybridized carbons (Fsp3) is 0.304. The molecule has 0 saturated carbocycles. The number of hydrogen-bond acceptors (Lipinski definition) is 5. The largest absolute Gasteiger partial charge is 0.398 e. The van der Waals surface area contributed by atoms with Crippen LogP contribution in [0.15, 0.2) is 36.7 Å². The maximum atomic E-state index is 14.3. The summed E-state index contributed by atoms with van der Waals surface area (Å²) >= 11 is 5.87. The molecule has 1 aliphatic heterocycles. The zero-order valence-corrected chi connectivity index (χ0v) is 17.8. The lowest BCUT2D eigenvalue weighted by molar-refractivity contribution is 0.279. The smallest absolute Gasteiger partial charge is 0.165 e. The number of rotatable bonds is 4. The van der Waals surface area contributed by atoms with E-state index in [0.717, 1.165) is 19.5 Å². The summed E-state index contributed by atoms with van der Waals surface area (Å²) < 4.78 is 26.9. The van der Waals surface area contributed by atoms with E-state index in [1.165, 1.54) is 12.4 Å². The van der Waals surface area contributed by atoms with E-state index < -0.39 is 5.82 Å². The molecule has 2 heterocycles. The van der Waals surface area contributed by atoms with E-state index in [4.69, 9.17) is 17.3 Å². The summed E-state index contributed by atoms with van der Waals surface area (Å²) in [6.07, 6.45) is 2.28. The fourth-order valence-electron chi connectivity index (χ4n) is 3.74. The maximum Gasteiger partial charge on any atom is 0.165 e. The van der Waals surface area contributed by atoms with Gasteiger partial charge < -0.3 is 11.1 Å². The van der Waals surface area contributed by atoms with Crippen molar-refractivity contribution in [2.24, 2.45) is 5.41 Å². The van der Waals surface area contributed by atoms with Gasteiger partial charge in [0.25, 0.3) is 0 Å². The highest BCUT2D eigenvalue weighted by Crippen LogP contribution is 2.31. The molecule has 0 radical (unpaired) electrons. The molecule has 0 bridgehead atoms. The Balaban J connectivity index is 1.64. The Labute approximate surface area is 184 Å². The molecule has 31 heavy (non-hydrogen) atoms. The highest BCUT2D eigenvalue weighted by Gasteiger charge is 2.31. The normalized spacial score (nSPS) is 18.7. The van der Waals surface area contributed by atoms with E-state index >= 15 is 0 Å². The standard InChI is InChI=1S/C23H22ClF2N5/c1-23(7-9-31(13-23)10-8-25)6-5-15-11-20-16(12-18(15)27)22(29-14-28-20)30-19-4-2-3-17(24)21(19)26/h2-4,11-12,14H,7-10,13,27H2,1H3,(H,28,29,30). The Morgan fingerprint density at radius 1 is 1.32 bits per heavy atom. The van der Waals surface area contributed by atoms with E-state index in [1.807, 2.05) is 0 Å². The Kier molecular flexibility index (Phi) is 5.94. The van der Waals surface area contributed by atoms with Crippen molar-refractivity contribution in [2.75, 3.05) is 37.4 Å². The fourth-order valence-corrected chi connectivity index (χ4v) is 3.92. The van der Waals surface area contributed by atoms with Crippen LogP contribution in [0.3, 0.4) is 0 Å². The van der Waals surface area contributed by atoms with Crippen LogP contribution in [0.2, 0.25) is 5.02 Å². The van der Waals surface area contributed by atoms with Crippen molar-refractivity contribution < 1.29 is 8.78 Å². The van der Waals surface area contributed by atoms with Crippen molar-refractivity contribution in [3.05, 3.63) is 53.1 Å². The minimum atomic E-state index is -0.557. The summed E-state index contributed by atoms with van der Waals surface area (Å²) in [5.41, 5.74) is 8.04. The van der Waals surface area contributed by atoms with E-state index in [-0.39, 0.29) is 22.8 Å². The van der Waals surface area contributed by atoms with Crippen molar-refractivity contribution in [2.45, 2.75) is 13.3 Å². The van der Waals surface area contributed by atoms with Crippen molar-refractivity contribution in [1.29, 1.82) is 0 Å². The predicted octanol–water partition coefficient (Wildman–Crippen LogP) is 4.78. The number of nitrogens with one attached hydrogen (secondary N) is 1. The summed E-state index contributed by atoms with van der Waals surface area (Å²) in [6.45, 7) is 3.74. The van der Waals surface area contributed by atoms with Crippen LogP contribution in [0, 0.1) is 23.1 Å². The molecule has 3 N–H and O–H groups in total. The van der Waals surface area contributed by atoms with Gasteiger partial charge >= 0.3 is 0 Å². The molecule has 1 aliphatic rings. The molecule has 0 aliphatic carbocycles. The number of alkyl halides is 1. The number of anilines is 3. The van der Waals surface area contributed by atoms with Crippen LogP contribution in [-0.2, 0) is 0 Å². The number of benzene rings is 2. The molecule has 3 aromatic rings. The van der Waals surface area contributed by atoms with Crippen molar-refractivity contribution in [3.8, 4) is 11.8 Å². The van der Waals surface area contributed by atoms with Gasteiger partial charge in [0.2, 0.25) is 0 Å². The number of hydrogen-bond donors (Lipinski definition) is 2. The van der Waals surface area contributed by atoms with Crippen LogP contribution in [0.1, 0.15) is 18.9 Å². The van der Waals surface area contributed by atoms with E-state index in [0.29, 0.717) is 34.5 Å². The Bertz CT molecular complexity index is 1190. The number of nitrogens with two attached hydrogens (primary N) is 1. The van der Waals surface area contributed by atoms with Crippen molar-refractivity contribution in [3.63, 3.8) is 0 Å². The lowest BCUT2D eigenvalue weighted by atomic mass is 9.90. The summed E-state index contributed by atoms with van der Waals surface area (Å²) in [4.78, 5) is 10.6. The molecule has 1 fully saturated rings. The van der Waals surface area contributed by atoms with Gasteiger partial charge in [0.05, 0.1) is 16.2 Å². The molecule has 8 heteroatoms. The van der Waals surface area contributed by atoms with Crippen LogP contribution < -0.4 is 11.1 Å². The molecule has 1 saturated heterocycles. The highest BCUT2D eigenvalue weighted by atomic mass is 35.5. The van der Waals surface area contributed by atoms with Gasteiger partial charge in [-0.05, 0) is 44.2 Å². The minimum Gasteiger partial charge on any atom is -0.398 e. The van der Waals surface area contributed by atoms with Gasteiger partial charge in [0, 0.05) is 35.1 Å². The summed E-state index contributed by atoms with van der Waals surface area (Å²) in [5, 5.41) is 3.63. The van der Waals surface area contributed by atoms with Gasteiger partial charge in [0.1, 0.15) is 18.8 Å². The Morgan fingerprint density at radius 2 is 2.16 bits per heavy atom. The number of fused-ring (bicyclic) bond motifs is 1. The third-order valence-corrected chi connectivity index (χ3v) is 5.76. The minimum absolute atomic E-state index is 0.0194. The van der Waals surface area contributed by atoms with Crippen molar-refractivity contribution >= 4 is 39.7 Å². The highest BCUT2D eigenvalue weighted by molar-refractivity contribution is 6.31. The third kappa shape index (κ3) is 4.55. The Hall–Kier alpha value is -2.95. The number of halogens is 3. The molecule has 1 unspecified atom stereocenters. The van der Waals surface area contributed by atoms with E-state index in [1.54, 1.807) is 24.3 Å². The number of nitrogen functional groups attached to an aromatic ring is 1. The topological polar surface area (TPSA) is 67.1 Å². The van der Waals surface area contributed by atoms with Gasteiger partial charge in [0.15, 0.2) is 5.82 Å². The SMILES string of the molecule is CC1(C#Cc2cc3ncnc(Nc4cccc(Cl)c4F)c3cc2N)CCN(CCF)C1. The summed E-state index contributed by atoms with van der Waals surface area (Å²) in [7, 11) is 0. The van der Waals surface area contributed by atoms with Crippen LogP contribution >= 0.6 is 11.6 Å². The molecular formula is C23H22ClF2N5. The molecule has 4 rings (SSSR count). The van der Waals surface area contributed by atoms with Crippen LogP contribution in [0.5, 0.6) is 0 Å². The third-order valence-electron chi connectivity index (χ3n) is 5.46. The molecule has 5 nitrogen and oxygen atoms in total. The van der Waals surface area contributed by atoms with Gasteiger partial charge in [-0.1, -0.05) is 29.5 Å². The number of nitrogens with zero attached hydrogens (tertiary/aromatic N) is 3. The molecule has 0 spiro atoms. The molecule has 1 atom stereocenters. The lowest BCUT2D eigenvalue weighted by Gasteiger charge is -2.17. The van der Waals surface area contributed by atoms with Crippen LogP contribution in [0.25, 0.3) is 10.9 Å². The molecule has 1 aromatic heterocycles. The van der Waals surface area contributed by atoms with Crippen LogP contribution in [-0.4, -0.2) is 41.2 Å². The van der Waals surface area contributed by atoms with Gasteiger partial charge in [-0.25, -0.2) is 18.7 Å². The first kappa shape index (κ1) is 21.3. The lowest BCUT2D eigenvalue weighted by Crippen LogP contribution is -2.26. The molecule has 0 amide bonds. The number of likely N-dealkylation sites (tertiary alicyclic amines) is 1. The first-order valence-electron chi connectivity index (χ1n) is 9.95. The average molecular weight is 442 g/mol. The summed E-state index contributed by atoms with van der Waals surface area (Å²) in [5.74, 6) is 6.36. The zero-order chi connectivity index (χ0) is 22.0. The second-order valence-electron chi connectivity index (χ2n) is 7.93. The maximum absolute atomic E-state index is 14.3. The first-order chi connectivity index (χ1) is 14.9. The van der Waals surface area contributed by atoms with Crippen LogP contribution in [0.4, 0.5) is 26.0 Å².